The molecule has 4 nitrogen and oxygen atoms in total. The molecule has 0 bridgehead atoms. The van der Waals surface area contributed by atoms with Crippen LogP contribution in [0.3, 0.4) is 0 Å². The lowest BCUT2D eigenvalue weighted by Gasteiger charge is -2.44. The molecule has 0 spiro atoms. The molecule has 1 aliphatic rings. The number of anilines is 2. The van der Waals surface area contributed by atoms with Crippen LogP contribution in [0.5, 0.6) is 5.75 Å². The molecule has 5 aromatic rings. The lowest BCUT2D eigenvalue weighted by atomic mass is 9.83. The Bertz CT molecular complexity index is 1530. The SMILES string of the molecule is Cc1ccc(C(c2ccc(N)cc2)(c2ccc(N)cc2)P2(=O)Oc3ccccc3-c3ccccc32)cc1. The number of nitrogen functional groups attached to an aromatic ring is 2. The van der Waals surface area contributed by atoms with Crippen molar-refractivity contribution < 1.29 is 9.09 Å². The molecule has 182 valence electrons. The summed E-state index contributed by atoms with van der Waals surface area (Å²) in [5, 5.41) is -0.492. The van der Waals surface area contributed by atoms with E-state index in [0.29, 0.717) is 22.4 Å². The van der Waals surface area contributed by atoms with E-state index in [0.717, 1.165) is 33.4 Å². The molecule has 0 saturated carbocycles. The zero-order valence-corrected chi connectivity index (χ0v) is 21.4. The molecule has 0 amide bonds. The first kappa shape index (κ1) is 23.1. The van der Waals surface area contributed by atoms with Crippen LogP contribution >= 0.6 is 7.37 Å². The van der Waals surface area contributed by atoms with Crippen LogP contribution in [0.4, 0.5) is 11.4 Å². The van der Waals surface area contributed by atoms with E-state index in [4.69, 9.17) is 16.0 Å². The second kappa shape index (κ2) is 8.69. The number of nitrogens with two attached hydrogens (primary N) is 2. The summed E-state index contributed by atoms with van der Waals surface area (Å²) < 4.78 is 22.8. The van der Waals surface area contributed by atoms with Gasteiger partial charge in [-0.1, -0.05) is 90.5 Å². The van der Waals surface area contributed by atoms with Crippen molar-refractivity contribution in [2.24, 2.45) is 0 Å². The summed E-state index contributed by atoms with van der Waals surface area (Å²) in [6, 6.07) is 39.1. The zero-order chi connectivity index (χ0) is 25.6. The average molecular weight is 503 g/mol. The van der Waals surface area contributed by atoms with E-state index in [9.17, 15) is 0 Å². The lowest BCUT2D eigenvalue weighted by Crippen LogP contribution is -2.38. The molecule has 1 heterocycles. The highest BCUT2D eigenvalue weighted by atomic mass is 31.2. The van der Waals surface area contributed by atoms with Crippen molar-refractivity contribution in [2.75, 3.05) is 11.5 Å². The molecule has 0 aliphatic carbocycles. The highest BCUT2D eigenvalue weighted by Crippen LogP contribution is 2.71. The third-order valence-corrected chi connectivity index (χ3v) is 10.3. The molecule has 0 radical (unpaired) electrons. The number of benzene rings is 5. The van der Waals surface area contributed by atoms with Gasteiger partial charge in [0.15, 0.2) is 0 Å². The van der Waals surface area contributed by atoms with Gasteiger partial charge in [-0.25, -0.2) is 0 Å². The number of aryl methyl sites for hydroxylation is 1. The molecule has 37 heavy (non-hydrogen) atoms. The number of hydrogen-bond donors (Lipinski definition) is 2. The lowest BCUT2D eigenvalue weighted by molar-refractivity contribution is 0.469. The Balaban J connectivity index is 1.79. The number of fused-ring (bicyclic) bond motifs is 3. The number of para-hydroxylation sites is 1. The second-order valence-electron chi connectivity index (χ2n) is 9.48. The van der Waals surface area contributed by atoms with Crippen LogP contribution in [0, 0.1) is 6.92 Å². The number of rotatable bonds is 4. The van der Waals surface area contributed by atoms with E-state index in [-0.39, 0.29) is 0 Å². The molecule has 1 aliphatic heterocycles. The molecule has 1 atom stereocenters. The van der Waals surface area contributed by atoms with Gasteiger partial charge < -0.3 is 16.0 Å². The minimum atomic E-state index is -3.77. The van der Waals surface area contributed by atoms with Crippen molar-refractivity contribution in [1.29, 1.82) is 0 Å². The van der Waals surface area contributed by atoms with E-state index in [1.165, 1.54) is 0 Å². The van der Waals surface area contributed by atoms with Gasteiger partial charge in [0.2, 0.25) is 0 Å². The summed E-state index contributed by atoms with van der Waals surface area (Å²) in [6.45, 7) is 2.04. The quantitative estimate of drug-likeness (QED) is 0.156. The smallest absolute Gasteiger partial charge is 0.296 e. The molecule has 0 aromatic heterocycles. The van der Waals surface area contributed by atoms with Crippen LogP contribution in [-0.4, -0.2) is 0 Å². The summed E-state index contributed by atoms with van der Waals surface area (Å²) >= 11 is 0. The Morgan fingerprint density at radius 2 is 1.05 bits per heavy atom. The highest BCUT2D eigenvalue weighted by Gasteiger charge is 2.57. The molecular weight excluding hydrogens is 475 g/mol. The predicted molar refractivity (Wildman–Crippen MR) is 153 cm³/mol. The standard InChI is InChI=1S/C32H27N2O2P/c1-22-10-12-23(13-11-22)32(24-14-18-26(33)19-15-24,25-16-20-27(34)21-17-25)37(35)31-9-5-3-7-29(31)28-6-2-4-8-30(28)36-37/h2-21H,33-34H2,1H3. The van der Waals surface area contributed by atoms with Gasteiger partial charge in [-0.05, 0) is 65.6 Å². The average Bonchev–Trinajstić information content (AvgIpc) is 2.92. The van der Waals surface area contributed by atoms with Crippen molar-refractivity contribution >= 4 is 24.0 Å². The third-order valence-electron chi connectivity index (χ3n) is 7.19. The van der Waals surface area contributed by atoms with Gasteiger partial charge in [0, 0.05) is 16.9 Å². The molecular formula is C32H27N2O2P. The maximum atomic E-state index is 16.0. The summed E-state index contributed by atoms with van der Waals surface area (Å²) in [6.07, 6.45) is 0. The van der Waals surface area contributed by atoms with Gasteiger partial charge in [0.05, 0.1) is 5.30 Å². The first-order valence-electron chi connectivity index (χ1n) is 12.2. The fourth-order valence-corrected chi connectivity index (χ4v) is 8.71. The van der Waals surface area contributed by atoms with Gasteiger partial charge in [0.25, 0.3) is 7.37 Å². The number of hydrogen-bond acceptors (Lipinski definition) is 4. The van der Waals surface area contributed by atoms with Gasteiger partial charge in [-0.2, -0.15) is 0 Å². The summed E-state index contributed by atoms with van der Waals surface area (Å²) in [5.74, 6) is 0.604. The van der Waals surface area contributed by atoms with Crippen molar-refractivity contribution in [1.82, 2.24) is 0 Å². The minimum Gasteiger partial charge on any atom is -0.438 e. The molecule has 0 saturated heterocycles. The maximum absolute atomic E-state index is 16.0. The van der Waals surface area contributed by atoms with E-state index >= 15 is 4.57 Å². The Morgan fingerprint density at radius 1 is 0.595 bits per heavy atom. The molecule has 5 aromatic carbocycles. The van der Waals surface area contributed by atoms with Crippen molar-refractivity contribution in [3.05, 3.63) is 144 Å². The fourth-order valence-electron chi connectivity index (χ4n) is 5.42. The largest absolute Gasteiger partial charge is 0.438 e. The Labute approximate surface area is 217 Å². The van der Waals surface area contributed by atoms with Crippen molar-refractivity contribution in [2.45, 2.75) is 12.1 Å². The van der Waals surface area contributed by atoms with Gasteiger partial charge in [0.1, 0.15) is 10.9 Å². The van der Waals surface area contributed by atoms with Gasteiger partial charge in [-0.3, -0.25) is 4.57 Å². The van der Waals surface area contributed by atoms with Gasteiger partial charge in [-0.15, -0.1) is 0 Å². The fraction of sp³-hybridized carbons (Fsp3) is 0.0625. The highest BCUT2D eigenvalue weighted by molar-refractivity contribution is 7.69. The molecule has 1 unspecified atom stereocenters. The minimum absolute atomic E-state index is 0.604. The Hall–Kier alpha value is -4.27. The first-order valence-corrected chi connectivity index (χ1v) is 13.8. The van der Waals surface area contributed by atoms with Crippen LogP contribution in [0.2, 0.25) is 0 Å². The van der Waals surface area contributed by atoms with Crippen LogP contribution in [0.1, 0.15) is 22.3 Å². The molecule has 6 rings (SSSR count). The van der Waals surface area contributed by atoms with E-state index in [2.05, 4.69) is 12.1 Å². The summed E-state index contributed by atoms with van der Waals surface area (Å²) in [5.41, 5.74) is 19.0. The second-order valence-corrected chi connectivity index (χ2v) is 11.9. The Morgan fingerprint density at radius 3 is 1.62 bits per heavy atom. The monoisotopic (exact) mass is 502 g/mol. The topological polar surface area (TPSA) is 78.3 Å². The van der Waals surface area contributed by atoms with E-state index in [1.807, 2.05) is 116 Å². The molecule has 0 fully saturated rings. The van der Waals surface area contributed by atoms with Crippen LogP contribution in [0.15, 0.2) is 121 Å². The predicted octanol–water partition coefficient (Wildman–Crippen LogP) is 7.11. The van der Waals surface area contributed by atoms with Crippen molar-refractivity contribution in [3.63, 3.8) is 0 Å². The molecule has 4 N–H and O–H groups in total. The zero-order valence-electron chi connectivity index (χ0n) is 20.5. The Kier molecular flexibility index (Phi) is 5.43. The van der Waals surface area contributed by atoms with Crippen LogP contribution < -0.4 is 21.3 Å². The maximum Gasteiger partial charge on any atom is 0.296 e. The van der Waals surface area contributed by atoms with Crippen LogP contribution in [-0.2, 0) is 9.72 Å². The summed E-state index contributed by atoms with van der Waals surface area (Å²) in [7, 11) is -3.77. The van der Waals surface area contributed by atoms with Gasteiger partial charge >= 0.3 is 0 Å². The first-order chi connectivity index (χ1) is 17.9. The van der Waals surface area contributed by atoms with Crippen molar-refractivity contribution in [3.8, 4) is 16.9 Å². The van der Waals surface area contributed by atoms with Crippen LogP contribution in [0.25, 0.3) is 11.1 Å². The van der Waals surface area contributed by atoms with E-state index < -0.39 is 12.5 Å². The third kappa shape index (κ3) is 3.48. The summed E-state index contributed by atoms with van der Waals surface area (Å²) in [4.78, 5) is 0. The van der Waals surface area contributed by atoms with E-state index in [1.54, 1.807) is 0 Å². The normalized spacial score (nSPS) is 16.4. The molecule has 5 heteroatoms.